The smallest absolute Gasteiger partial charge is 0.173 e. The van der Waals surface area contributed by atoms with Gasteiger partial charge in [-0.25, -0.2) is 4.98 Å². The molecule has 1 aromatic heterocycles. The van der Waals surface area contributed by atoms with Crippen molar-refractivity contribution in [1.82, 2.24) is 9.97 Å². The summed E-state index contributed by atoms with van der Waals surface area (Å²) in [6.45, 7) is 0. The fourth-order valence-corrected chi connectivity index (χ4v) is 3.57. The number of para-hydroxylation sites is 2. The highest BCUT2D eigenvalue weighted by Crippen LogP contribution is 2.30. The fourth-order valence-electron chi connectivity index (χ4n) is 3.57. The van der Waals surface area contributed by atoms with Crippen LogP contribution in [0.1, 0.15) is 38.9 Å². The van der Waals surface area contributed by atoms with Crippen molar-refractivity contribution in [2.45, 2.75) is 12.3 Å². The zero-order valence-electron chi connectivity index (χ0n) is 17.3. The number of imidazole rings is 1. The predicted molar refractivity (Wildman–Crippen MR) is 118 cm³/mol. The molecule has 0 fully saturated rings. The number of aromatic amines is 1. The number of rotatable bonds is 8. The summed E-state index contributed by atoms with van der Waals surface area (Å²) in [4.78, 5) is 34.3. The highest BCUT2D eigenvalue weighted by atomic mass is 16.5. The van der Waals surface area contributed by atoms with Gasteiger partial charge < -0.3 is 14.5 Å². The van der Waals surface area contributed by atoms with Gasteiger partial charge in [0.25, 0.3) is 0 Å². The van der Waals surface area contributed by atoms with Gasteiger partial charge >= 0.3 is 0 Å². The molecule has 0 radical (unpaired) electrons. The molecule has 4 rings (SSSR count). The van der Waals surface area contributed by atoms with E-state index in [1.165, 1.54) is 14.2 Å². The van der Waals surface area contributed by atoms with Crippen molar-refractivity contribution in [1.29, 1.82) is 0 Å². The van der Waals surface area contributed by atoms with E-state index in [-0.39, 0.29) is 18.0 Å². The van der Waals surface area contributed by atoms with Crippen LogP contribution in [-0.4, -0.2) is 35.8 Å². The lowest BCUT2D eigenvalue weighted by atomic mass is 9.90. The molecule has 0 saturated heterocycles. The molecule has 31 heavy (non-hydrogen) atoms. The molecule has 6 heteroatoms. The van der Waals surface area contributed by atoms with Gasteiger partial charge in [0.15, 0.2) is 23.1 Å². The molecule has 0 saturated carbocycles. The summed E-state index contributed by atoms with van der Waals surface area (Å²) in [6.07, 6.45) is -0.0248. The summed E-state index contributed by atoms with van der Waals surface area (Å²) < 4.78 is 10.6. The number of benzene rings is 3. The molecule has 1 heterocycles. The first kappa shape index (κ1) is 20.3. The third kappa shape index (κ3) is 4.19. The molecule has 0 unspecified atom stereocenters. The van der Waals surface area contributed by atoms with Gasteiger partial charge in [0.05, 0.1) is 31.2 Å². The molecule has 0 amide bonds. The first-order valence-electron chi connectivity index (χ1n) is 9.90. The number of carbonyl (C=O) groups excluding carboxylic acids is 2. The van der Waals surface area contributed by atoms with E-state index in [0.29, 0.717) is 28.5 Å². The highest BCUT2D eigenvalue weighted by molar-refractivity contribution is 6.06. The maximum Gasteiger partial charge on any atom is 0.173 e. The van der Waals surface area contributed by atoms with Crippen molar-refractivity contribution in [3.63, 3.8) is 0 Å². The Labute approximate surface area is 179 Å². The summed E-state index contributed by atoms with van der Waals surface area (Å²) in [5.74, 6) is 0.389. The number of aromatic nitrogens is 2. The Morgan fingerprint density at radius 3 is 2.29 bits per heavy atom. The zero-order chi connectivity index (χ0) is 21.8. The SMILES string of the molecule is COc1ccc(C(=O)C[C@H](C(=O)c2ccccc2)c2nc3ccccc3[nH]2)cc1OC. The predicted octanol–water partition coefficient (Wildman–Crippen LogP) is 4.82. The minimum atomic E-state index is -0.740. The Morgan fingerprint density at radius 1 is 0.871 bits per heavy atom. The minimum absolute atomic E-state index is 0.0248. The number of methoxy groups -OCH3 is 2. The standard InChI is InChI=1S/C25H22N2O4/c1-30-22-13-12-17(14-23(22)31-2)21(28)15-18(24(29)16-8-4-3-5-9-16)25-26-19-10-6-7-11-20(19)27-25/h3-14,18H,15H2,1-2H3,(H,26,27)/t18-/m1/s1. The largest absolute Gasteiger partial charge is 0.493 e. The lowest BCUT2D eigenvalue weighted by molar-refractivity contribution is 0.0890. The third-order valence-electron chi connectivity index (χ3n) is 5.21. The third-order valence-corrected chi connectivity index (χ3v) is 5.21. The van der Waals surface area contributed by atoms with Crippen molar-refractivity contribution in [3.05, 3.63) is 89.7 Å². The number of fused-ring (bicyclic) bond motifs is 1. The van der Waals surface area contributed by atoms with E-state index in [4.69, 9.17) is 9.47 Å². The van der Waals surface area contributed by atoms with E-state index >= 15 is 0 Å². The maximum absolute atomic E-state index is 13.4. The average Bonchev–Trinajstić information content (AvgIpc) is 3.26. The number of ether oxygens (including phenoxy) is 2. The summed E-state index contributed by atoms with van der Waals surface area (Å²) in [5.41, 5.74) is 2.55. The molecule has 0 aliphatic rings. The van der Waals surface area contributed by atoms with Crippen molar-refractivity contribution in [2.75, 3.05) is 14.2 Å². The second kappa shape index (κ2) is 8.83. The van der Waals surface area contributed by atoms with Crippen molar-refractivity contribution < 1.29 is 19.1 Å². The highest BCUT2D eigenvalue weighted by Gasteiger charge is 2.28. The molecule has 0 aliphatic carbocycles. The molecule has 1 atom stereocenters. The molecular formula is C25H22N2O4. The van der Waals surface area contributed by atoms with Crippen LogP contribution in [-0.2, 0) is 0 Å². The molecule has 0 aliphatic heterocycles. The van der Waals surface area contributed by atoms with Crippen LogP contribution in [0.4, 0.5) is 0 Å². The van der Waals surface area contributed by atoms with Crippen LogP contribution < -0.4 is 9.47 Å². The number of nitrogens with one attached hydrogen (secondary N) is 1. The van der Waals surface area contributed by atoms with Gasteiger partial charge in [-0.1, -0.05) is 42.5 Å². The lowest BCUT2D eigenvalue weighted by Gasteiger charge is -2.14. The Morgan fingerprint density at radius 2 is 1.58 bits per heavy atom. The van der Waals surface area contributed by atoms with Crippen molar-refractivity contribution in [2.24, 2.45) is 0 Å². The Balaban J connectivity index is 1.70. The van der Waals surface area contributed by atoms with Gasteiger partial charge in [0.2, 0.25) is 0 Å². The molecule has 6 nitrogen and oxygen atoms in total. The van der Waals surface area contributed by atoms with Gasteiger partial charge in [-0.2, -0.15) is 0 Å². The second-order valence-corrected chi connectivity index (χ2v) is 7.12. The zero-order valence-corrected chi connectivity index (χ0v) is 17.3. The Hall–Kier alpha value is -3.93. The molecule has 3 aromatic carbocycles. The normalized spacial score (nSPS) is 11.8. The van der Waals surface area contributed by atoms with E-state index in [1.54, 1.807) is 42.5 Å². The summed E-state index contributed by atoms with van der Waals surface area (Å²) in [5, 5.41) is 0. The van der Waals surface area contributed by atoms with Crippen LogP contribution in [0.3, 0.4) is 0 Å². The number of H-pyrrole nitrogens is 1. The van der Waals surface area contributed by atoms with Crippen LogP contribution in [0.15, 0.2) is 72.8 Å². The maximum atomic E-state index is 13.4. The summed E-state index contributed by atoms with van der Waals surface area (Å²) in [7, 11) is 3.05. The number of Topliss-reactive ketones (excluding diaryl/α,β-unsaturated/α-hetero) is 2. The summed E-state index contributed by atoms with van der Waals surface area (Å²) >= 11 is 0. The topological polar surface area (TPSA) is 81.3 Å². The molecule has 4 aromatic rings. The van der Waals surface area contributed by atoms with Crippen LogP contribution >= 0.6 is 0 Å². The van der Waals surface area contributed by atoms with E-state index in [2.05, 4.69) is 9.97 Å². The van der Waals surface area contributed by atoms with Gasteiger partial charge in [0, 0.05) is 17.5 Å². The van der Waals surface area contributed by atoms with Crippen molar-refractivity contribution >= 4 is 22.6 Å². The Kier molecular flexibility index (Phi) is 5.80. The van der Waals surface area contributed by atoms with Crippen molar-refractivity contribution in [3.8, 4) is 11.5 Å². The van der Waals surface area contributed by atoms with Gasteiger partial charge in [-0.3, -0.25) is 9.59 Å². The first-order chi connectivity index (χ1) is 15.1. The molecule has 1 N–H and O–H groups in total. The van der Waals surface area contributed by atoms with Gasteiger partial charge in [-0.05, 0) is 30.3 Å². The van der Waals surface area contributed by atoms with Crippen LogP contribution in [0.25, 0.3) is 11.0 Å². The van der Waals surface area contributed by atoms with E-state index in [9.17, 15) is 9.59 Å². The van der Waals surface area contributed by atoms with E-state index in [1.807, 2.05) is 30.3 Å². The average molecular weight is 414 g/mol. The van der Waals surface area contributed by atoms with Gasteiger partial charge in [0.1, 0.15) is 5.82 Å². The molecular weight excluding hydrogens is 392 g/mol. The minimum Gasteiger partial charge on any atom is -0.493 e. The molecule has 156 valence electrons. The fraction of sp³-hybridized carbons (Fsp3) is 0.160. The van der Waals surface area contributed by atoms with Crippen LogP contribution in [0, 0.1) is 0 Å². The molecule has 0 bridgehead atoms. The number of hydrogen-bond acceptors (Lipinski definition) is 5. The van der Waals surface area contributed by atoms with E-state index < -0.39 is 5.92 Å². The Bertz CT molecular complexity index is 1200. The van der Waals surface area contributed by atoms with Gasteiger partial charge in [-0.15, -0.1) is 0 Å². The first-order valence-corrected chi connectivity index (χ1v) is 9.90. The summed E-state index contributed by atoms with van der Waals surface area (Å²) in [6, 6.07) is 21.5. The quantitative estimate of drug-likeness (QED) is 0.418. The number of nitrogens with zero attached hydrogens (tertiary/aromatic N) is 1. The number of ketones is 2. The van der Waals surface area contributed by atoms with Crippen LogP contribution in [0.5, 0.6) is 11.5 Å². The molecule has 0 spiro atoms. The second-order valence-electron chi connectivity index (χ2n) is 7.12. The number of carbonyl (C=O) groups is 2. The number of hydrogen-bond donors (Lipinski definition) is 1. The lowest BCUT2D eigenvalue weighted by Crippen LogP contribution is -2.18. The van der Waals surface area contributed by atoms with E-state index in [0.717, 1.165) is 11.0 Å². The van der Waals surface area contributed by atoms with Crippen LogP contribution in [0.2, 0.25) is 0 Å². The monoisotopic (exact) mass is 414 g/mol.